The summed E-state index contributed by atoms with van der Waals surface area (Å²) in [7, 11) is 1.98. The van der Waals surface area contributed by atoms with Gasteiger partial charge in [-0.25, -0.2) is 0 Å². The fraction of sp³-hybridized carbons (Fsp3) is 0.660. The number of aryl methyl sites for hydroxylation is 1. The van der Waals surface area contributed by atoms with Crippen molar-refractivity contribution in [3.63, 3.8) is 0 Å². The van der Waals surface area contributed by atoms with Gasteiger partial charge in [0.2, 0.25) is 5.91 Å². The molecular formula is C53H91Br2N5O. The molecular weight excluding hydrogens is 882 g/mol. The molecule has 8 heteroatoms. The van der Waals surface area contributed by atoms with Crippen molar-refractivity contribution in [2.24, 2.45) is 11.8 Å². The van der Waals surface area contributed by atoms with Crippen molar-refractivity contribution in [2.45, 2.75) is 172 Å². The maximum Gasteiger partial charge on any atom is 0.222 e. The van der Waals surface area contributed by atoms with E-state index in [1.54, 1.807) is 0 Å². The van der Waals surface area contributed by atoms with Crippen LogP contribution in [0.1, 0.15) is 180 Å². The number of hydrogen-bond donors (Lipinski definition) is 2. The van der Waals surface area contributed by atoms with Gasteiger partial charge in [-0.05, 0) is 161 Å². The molecule has 61 heavy (non-hydrogen) atoms. The first kappa shape index (κ1) is 58.7. The number of likely N-dealkylation sites (tertiary alicyclic amines) is 2. The lowest BCUT2D eigenvalue weighted by atomic mass is 9.74. The molecule has 0 saturated carbocycles. The van der Waals surface area contributed by atoms with Crippen molar-refractivity contribution >= 4 is 43.8 Å². The number of carbonyl (C=O) groups excluding carboxylic acids is 1. The van der Waals surface area contributed by atoms with Crippen LogP contribution < -0.4 is 10.6 Å². The van der Waals surface area contributed by atoms with Crippen LogP contribution >= 0.6 is 31.9 Å². The predicted molar refractivity (Wildman–Crippen MR) is 278 cm³/mol. The van der Waals surface area contributed by atoms with Gasteiger partial charge >= 0.3 is 0 Å². The number of rotatable bonds is 9. The third-order valence-corrected chi connectivity index (χ3v) is 12.6. The molecule has 2 aromatic rings. The Kier molecular flexibility index (Phi) is 34.8. The van der Waals surface area contributed by atoms with Crippen molar-refractivity contribution in [3.8, 4) is 0 Å². The lowest BCUT2D eigenvalue weighted by molar-refractivity contribution is -0.134. The van der Waals surface area contributed by atoms with E-state index in [0.29, 0.717) is 30.2 Å². The zero-order chi connectivity index (χ0) is 46.2. The minimum absolute atomic E-state index is 0.210. The molecule has 1 amide bonds. The van der Waals surface area contributed by atoms with Crippen molar-refractivity contribution < 1.29 is 4.79 Å². The Labute approximate surface area is 393 Å². The normalized spacial score (nSPS) is 17.2. The number of aromatic nitrogens is 1. The molecule has 2 N–H and O–H groups in total. The average molecular weight is 974 g/mol. The van der Waals surface area contributed by atoms with Crippen LogP contribution in [0.5, 0.6) is 0 Å². The van der Waals surface area contributed by atoms with Crippen molar-refractivity contribution in [3.05, 3.63) is 92.3 Å². The van der Waals surface area contributed by atoms with Crippen LogP contribution in [0, 0.1) is 18.8 Å². The number of benzene rings is 1. The van der Waals surface area contributed by atoms with Gasteiger partial charge in [-0.3, -0.25) is 9.78 Å². The summed E-state index contributed by atoms with van der Waals surface area (Å²) >= 11 is 7.56. The number of piperidine rings is 2. The van der Waals surface area contributed by atoms with Crippen LogP contribution in [0.4, 0.5) is 0 Å². The highest BCUT2D eigenvalue weighted by Crippen LogP contribution is 2.45. The molecule has 6 nitrogen and oxygen atoms in total. The van der Waals surface area contributed by atoms with Crippen molar-refractivity contribution in [2.75, 3.05) is 46.3 Å². The Morgan fingerprint density at radius 2 is 1.52 bits per heavy atom. The van der Waals surface area contributed by atoms with Crippen LogP contribution in [-0.4, -0.2) is 73.0 Å². The number of amides is 1. The Balaban J connectivity index is 0.00000123. The molecule has 0 spiro atoms. The monoisotopic (exact) mass is 972 g/mol. The maximum absolute atomic E-state index is 13.3. The summed E-state index contributed by atoms with van der Waals surface area (Å²) in [4.78, 5) is 22.7. The highest BCUT2D eigenvalue weighted by molar-refractivity contribution is 9.10. The molecule has 348 valence electrons. The summed E-state index contributed by atoms with van der Waals surface area (Å²) in [5.74, 6) is 1.49. The van der Waals surface area contributed by atoms with Gasteiger partial charge in [-0.15, -0.1) is 6.58 Å². The summed E-state index contributed by atoms with van der Waals surface area (Å²) < 4.78 is 2.19. The minimum Gasteiger partial charge on any atom is -0.376 e. The first-order valence-corrected chi connectivity index (χ1v) is 25.8. The largest absolute Gasteiger partial charge is 0.376 e. The fourth-order valence-electron chi connectivity index (χ4n) is 7.52. The maximum atomic E-state index is 13.3. The Morgan fingerprint density at radius 3 is 1.97 bits per heavy atom. The summed E-state index contributed by atoms with van der Waals surface area (Å²) in [5.41, 5.74) is 7.51. The second-order valence-electron chi connectivity index (χ2n) is 16.3. The zero-order valence-corrected chi connectivity index (χ0v) is 44.4. The summed E-state index contributed by atoms with van der Waals surface area (Å²) in [6.45, 7) is 36.9. The molecule has 1 aromatic carbocycles. The third kappa shape index (κ3) is 22.8. The van der Waals surface area contributed by atoms with E-state index in [2.05, 4.69) is 144 Å². The van der Waals surface area contributed by atoms with Gasteiger partial charge in [0.1, 0.15) is 0 Å². The highest BCUT2D eigenvalue weighted by Gasteiger charge is 2.35. The fourth-order valence-corrected chi connectivity index (χ4v) is 8.73. The molecule has 3 fully saturated rings. The second kappa shape index (κ2) is 36.1. The minimum atomic E-state index is 0.210. The van der Waals surface area contributed by atoms with Gasteiger partial charge < -0.3 is 20.4 Å². The van der Waals surface area contributed by atoms with E-state index < -0.39 is 0 Å². The van der Waals surface area contributed by atoms with Crippen LogP contribution in [-0.2, 0) is 11.2 Å². The van der Waals surface area contributed by atoms with Crippen LogP contribution in [0.3, 0.4) is 0 Å². The second-order valence-corrected chi connectivity index (χ2v) is 18.0. The first-order chi connectivity index (χ1) is 29.4. The molecule has 3 saturated heterocycles. The lowest BCUT2D eigenvalue weighted by Crippen LogP contribution is -2.42. The van der Waals surface area contributed by atoms with Gasteiger partial charge in [-0.1, -0.05) is 121 Å². The number of nitrogens with zero attached hydrogens (tertiary/aromatic N) is 3. The third-order valence-electron chi connectivity index (χ3n) is 11.6. The molecule has 0 radical (unpaired) electrons. The molecule has 0 bridgehead atoms. The van der Waals surface area contributed by atoms with Crippen LogP contribution in [0.2, 0.25) is 0 Å². The van der Waals surface area contributed by atoms with E-state index in [-0.39, 0.29) is 5.92 Å². The van der Waals surface area contributed by atoms with Gasteiger partial charge in [0.15, 0.2) is 0 Å². The van der Waals surface area contributed by atoms with Crippen molar-refractivity contribution in [1.82, 2.24) is 25.4 Å². The molecule has 4 heterocycles. The SMILES string of the molecule is C1CCNC1.C=C(C)N1CCC(CC(=O)N2CCC(C3c4ncc(Br)cc4C=CCc4cc(C)cc(Br)c43)CC2)CC1.C=CCCC.CC.CC.CCC(C)NC.CCCC. The van der Waals surface area contributed by atoms with Gasteiger partial charge in [0, 0.05) is 65.4 Å². The predicted octanol–water partition coefficient (Wildman–Crippen LogP) is 14.7. The van der Waals surface area contributed by atoms with Gasteiger partial charge in [0.05, 0.1) is 5.69 Å². The molecule has 3 aliphatic heterocycles. The van der Waals surface area contributed by atoms with Gasteiger partial charge in [-0.2, -0.15) is 0 Å². The highest BCUT2D eigenvalue weighted by atomic mass is 79.9. The quantitative estimate of drug-likeness (QED) is 0.245. The Morgan fingerprint density at radius 1 is 0.934 bits per heavy atom. The van der Waals surface area contributed by atoms with E-state index in [1.807, 2.05) is 47.0 Å². The number of carbonyl (C=O) groups is 1. The smallest absolute Gasteiger partial charge is 0.222 e. The molecule has 2 unspecified atom stereocenters. The zero-order valence-electron chi connectivity index (χ0n) is 41.2. The average Bonchev–Trinajstić information content (AvgIpc) is 3.88. The van der Waals surface area contributed by atoms with E-state index in [1.165, 1.54) is 78.3 Å². The Hall–Kier alpha value is -2.26. The van der Waals surface area contributed by atoms with Crippen LogP contribution in [0.15, 0.2) is 64.3 Å². The van der Waals surface area contributed by atoms with Gasteiger partial charge in [0.25, 0.3) is 0 Å². The summed E-state index contributed by atoms with van der Waals surface area (Å²) in [6.07, 6.45) is 23.2. The van der Waals surface area contributed by atoms with Crippen LogP contribution in [0.25, 0.3) is 6.08 Å². The number of pyridine rings is 1. The summed E-state index contributed by atoms with van der Waals surface area (Å²) in [6, 6.07) is 7.45. The van der Waals surface area contributed by atoms with Crippen molar-refractivity contribution in [1.29, 1.82) is 0 Å². The first-order valence-electron chi connectivity index (χ1n) is 24.2. The topological polar surface area (TPSA) is 60.5 Å². The molecule has 1 aliphatic carbocycles. The number of hydrogen-bond acceptors (Lipinski definition) is 5. The van der Waals surface area contributed by atoms with E-state index in [9.17, 15) is 4.79 Å². The summed E-state index contributed by atoms with van der Waals surface area (Å²) in [5, 5.41) is 6.34. The molecule has 4 aliphatic rings. The van der Waals surface area contributed by atoms with E-state index in [4.69, 9.17) is 4.98 Å². The molecule has 6 rings (SSSR count). The number of nitrogens with one attached hydrogen (secondary N) is 2. The lowest BCUT2D eigenvalue weighted by Gasteiger charge is -2.39. The standard InChI is InChI=1S/C31H37Br2N3O.C5H13N.C5H10.C4H9N.C4H10.2C2H6/c1-20(2)35-11-7-22(8-12-35)17-28(37)36-13-9-23(10-14-36)30-29-24(15-21(3)16-27(29)33)5-4-6-25-18-26(32)19-34-31(25)30;1-4-5(2)6-3;1-3-5-4-2;1-2-4-5-3-1;1-3-4-2;2*1-2/h4,6,15-16,18-19,22-23,30H,1,5,7-14,17H2,2-3H3;5-6H,4H2,1-3H3;3H,1,4-5H2,2H3;5H,1-4H2;3-4H2,1-2H3;2*1-2H3. The Bertz CT molecular complexity index is 1480. The van der Waals surface area contributed by atoms with E-state index in [0.717, 1.165) is 80.6 Å². The van der Waals surface area contributed by atoms with E-state index >= 15 is 0 Å². The molecule has 2 atom stereocenters. The number of fused-ring (bicyclic) bond motifs is 2. The number of halogens is 2. The number of unbranched alkanes of at least 4 members (excludes halogenated alkanes) is 2. The molecule has 1 aromatic heterocycles. The number of allylic oxidation sites excluding steroid dienone is 3.